The van der Waals surface area contributed by atoms with Crippen molar-refractivity contribution in [3.8, 4) is 11.5 Å². The Labute approximate surface area is 84.3 Å². The fraction of sp³-hybridized carbons (Fsp3) is 0.455. The van der Waals surface area contributed by atoms with Crippen LogP contribution >= 0.6 is 0 Å². The molecule has 0 spiro atoms. The van der Waals surface area contributed by atoms with Crippen molar-refractivity contribution < 1.29 is 14.6 Å². The van der Waals surface area contributed by atoms with Gasteiger partial charge >= 0.3 is 0 Å². The molecule has 0 fully saturated rings. The zero-order valence-corrected chi connectivity index (χ0v) is 9.05. The molecule has 0 saturated carbocycles. The zero-order valence-electron chi connectivity index (χ0n) is 9.05. The Bertz CT molecular complexity index is 332. The number of benzene rings is 1. The SMILES string of the molecule is COc1cc(OC)c(CO)c(C)c1C. The standard InChI is InChI=1S/C11H16O3/c1-7-8(2)10(13-3)5-11(14-4)9(7)6-12/h5,12H,6H2,1-4H3. The first-order valence-corrected chi connectivity index (χ1v) is 4.47. The van der Waals surface area contributed by atoms with Crippen LogP contribution in [0.5, 0.6) is 11.5 Å². The lowest BCUT2D eigenvalue weighted by Crippen LogP contribution is -2.00. The summed E-state index contributed by atoms with van der Waals surface area (Å²) in [6.45, 7) is 3.90. The molecule has 0 amide bonds. The molecule has 0 bridgehead atoms. The molecule has 0 saturated heterocycles. The van der Waals surface area contributed by atoms with Gasteiger partial charge in [0.05, 0.1) is 20.8 Å². The van der Waals surface area contributed by atoms with Crippen LogP contribution in [0.4, 0.5) is 0 Å². The van der Waals surface area contributed by atoms with Gasteiger partial charge in [0.1, 0.15) is 11.5 Å². The van der Waals surface area contributed by atoms with Crippen molar-refractivity contribution in [2.75, 3.05) is 14.2 Å². The second kappa shape index (κ2) is 4.33. The van der Waals surface area contributed by atoms with E-state index in [-0.39, 0.29) is 6.61 Å². The molecule has 0 aliphatic rings. The Hall–Kier alpha value is -1.22. The summed E-state index contributed by atoms with van der Waals surface area (Å²) in [5.41, 5.74) is 2.88. The van der Waals surface area contributed by atoms with Crippen LogP contribution in [-0.4, -0.2) is 19.3 Å². The first-order valence-electron chi connectivity index (χ1n) is 4.47. The maximum Gasteiger partial charge on any atom is 0.128 e. The maximum atomic E-state index is 9.20. The van der Waals surface area contributed by atoms with Crippen molar-refractivity contribution >= 4 is 0 Å². The van der Waals surface area contributed by atoms with Gasteiger partial charge in [-0.05, 0) is 25.0 Å². The van der Waals surface area contributed by atoms with E-state index in [0.29, 0.717) is 5.75 Å². The first-order chi connectivity index (χ1) is 6.65. The van der Waals surface area contributed by atoms with Crippen molar-refractivity contribution in [3.63, 3.8) is 0 Å². The molecule has 1 N–H and O–H groups in total. The van der Waals surface area contributed by atoms with Crippen molar-refractivity contribution in [2.45, 2.75) is 20.5 Å². The molecule has 1 aromatic carbocycles. The molecule has 0 radical (unpaired) electrons. The third kappa shape index (κ3) is 1.68. The van der Waals surface area contributed by atoms with Gasteiger partial charge in [0.15, 0.2) is 0 Å². The van der Waals surface area contributed by atoms with E-state index in [1.165, 1.54) is 0 Å². The number of ether oxygens (including phenoxy) is 2. The normalized spacial score (nSPS) is 10.1. The minimum absolute atomic E-state index is 0.0140. The van der Waals surface area contributed by atoms with Crippen LogP contribution in [0, 0.1) is 13.8 Å². The Kier molecular flexibility index (Phi) is 3.36. The summed E-state index contributed by atoms with van der Waals surface area (Å²) in [4.78, 5) is 0. The summed E-state index contributed by atoms with van der Waals surface area (Å²) in [6.07, 6.45) is 0. The van der Waals surface area contributed by atoms with Crippen LogP contribution in [0.1, 0.15) is 16.7 Å². The van der Waals surface area contributed by atoms with E-state index >= 15 is 0 Å². The first kappa shape index (κ1) is 10.9. The number of aliphatic hydroxyl groups is 1. The van der Waals surface area contributed by atoms with Crippen molar-refractivity contribution in [1.82, 2.24) is 0 Å². The summed E-state index contributed by atoms with van der Waals surface area (Å²) in [6, 6.07) is 1.80. The number of rotatable bonds is 3. The second-order valence-corrected chi connectivity index (χ2v) is 3.17. The predicted octanol–water partition coefficient (Wildman–Crippen LogP) is 1.81. The van der Waals surface area contributed by atoms with Gasteiger partial charge in [-0.15, -0.1) is 0 Å². The van der Waals surface area contributed by atoms with E-state index in [4.69, 9.17) is 9.47 Å². The Morgan fingerprint density at radius 3 is 2.07 bits per heavy atom. The van der Waals surface area contributed by atoms with Gasteiger partial charge in [-0.1, -0.05) is 0 Å². The molecule has 3 nitrogen and oxygen atoms in total. The molecular weight excluding hydrogens is 180 g/mol. The van der Waals surface area contributed by atoms with Crippen LogP contribution < -0.4 is 9.47 Å². The van der Waals surface area contributed by atoms with Crippen molar-refractivity contribution in [2.24, 2.45) is 0 Å². The van der Waals surface area contributed by atoms with E-state index < -0.39 is 0 Å². The van der Waals surface area contributed by atoms with Crippen LogP contribution in [0.2, 0.25) is 0 Å². The summed E-state index contributed by atoms with van der Waals surface area (Å²) < 4.78 is 10.4. The highest BCUT2D eigenvalue weighted by atomic mass is 16.5. The molecule has 3 heteroatoms. The summed E-state index contributed by atoms with van der Waals surface area (Å²) in [7, 11) is 3.21. The van der Waals surface area contributed by atoms with Crippen LogP contribution in [0.3, 0.4) is 0 Å². The minimum Gasteiger partial charge on any atom is -0.496 e. The molecule has 0 aliphatic heterocycles. The van der Waals surface area contributed by atoms with Crippen LogP contribution in [-0.2, 0) is 6.61 Å². The number of aliphatic hydroxyl groups excluding tert-OH is 1. The van der Waals surface area contributed by atoms with Gasteiger partial charge in [0.2, 0.25) is 0 Å². The van der Waals surface area contributed by atoms with Gasteiger partial charge in [0, 0.05) is 11.6 Å². The smallest absolute Gasteiger partial charge is 0.128 e. The molecule has 14 heavy (non-hydrogen) atoms. The monoisotopic (exact) mass is 196 g/mol. The molecule has 1 rings (SSSR count). The minimum atomic E-state index is -0.0140. The fourth-order valence-corrected chi connectivity index (χ4v) is 1.50. The number of hydrogen-bond donors (Lipinski definition) is 1. The van der Waals surface area contributed by atoms with Gasteiger partial charge < -0.3 is 14.6 Å². The average Bonchev–Trinajstić information content (AvgIpc) is 2.21. The molecule has 0 unspecified atom stereocenters. The van der Waals surface area contributed by atoms with Gasteiger partial charge in [0.25, 0.3) is 0 Å². The summed E-state index contributed by atoms with van der Waals surface area (Å²) >= 11 is 0. The zero-order chi connectivity index (χ0) is 10.7. The summed E-state index contributed by atoms with van der Waals surface area (Å²) in [5.74, 6) is 1.46. The Morgan fingerprint density at radius 2 is 1.64 bits per heavy atom. The van der Waals surface area contributed by atoms with E-state index in [0.717, 1.165) is 22.4 Å². The van der Waals surface area contributed by atoms with E-state index in [2.05, 4.69) is 0 Å². The highest BCUT2D eigenvalue weighted by Crippen LogP contribution is 2.32. The summed E-state index contributed by atoms with van der Waals surface area (Å²) in [5, 5.41) is 9.20. The third-order valence-electron chi connectivity index (χ3n) is 2.54. The van der Waals surface area contributed by atoms with Crippen molar-refractivity contribution in [1.29, 1.82) is 0 Å². The molecule has 1 aromatic rings. The largest absolute Gasteiger partial charge is 0.496 e. The molecule has 0 aromatic heterocycles. The van der Waals surface area contributed by atoms with Gasteiger partial charge in [-0.3, -0.25) is 0 Å². The van der Waals surface area contributed by atoms with Crippen LogP contribution in [0.15, 0.2) is 6.07 Å². The van der Waals surface area contributed by atoms with E-state index in [1.54, 1.807) is 20.3 Å². The fourth-order valence-electron chi connectivity index (χ4n) is 1.50. The lowest BCUT2D eigenvalue weighted by atomic mass is 10.0. The van der Waals surface area contributed by atoms with E-state index in [1.807, 2.05) is 13.8 Å². The Balaban J connectivity index is 3.38. The molecule has 0 heterocycles. The maximum absolute atomic E-state index is 9.20. The predicted molar refractivity (Wildman–Crippen MR) is 54.9 cm³/mol. The van der Waals surface area contributed by atoms with E-state index in [9.17, 15) is 5.11 Å². The topological polar surface area (TPSA) is 38.7 Å². The number of hydrogen-bond acceptors (Lipinski definition) is 3. The third-order valence-corrected chi connectivity index (χ3v) is 2.54. The van der Waals surface area contributed by atoms with Gasteiger partial charge in [-0.25, -0.2) is 0 Å². The quantitative estimate of drug-likeness (QED) is 0.801. The molecule has 78 valence electrons. The number of methoxy groups -OCH3 is 2. The van der Waals surface area contributed by atoms with Gasteiger partial charge in [-0.2, -0.15) is 0 Å². The Morgan fingerprint density at radius 1 is 1.07 bits per heavy atom. The molecular formula is C11H16O3. The lowest BCUT2D eigenvalue weighted by Gasteiger charge is -2.15. The second-order valence-electron chi connectivity index (χ2n) is 3.17. The molecule has 0 atom stereocenters. The lowest BCUT2D eigenvalue weighted by molar-refractivity contribution is 0.272. The highest BCUT2D eigenvalue weighted by molar-refractivity contribution is 5.51. The average molecular weight is 196 g/mol. The molecule has 0 aliphatic carbocycles. The van der Waals surface area contributed by atoms with Crippen LogP contribution in [0.25, 0.3) is 0 Å². The van der Waals surface area contributed by atoms with Crippen molar-refractivity contribution in [3.05, 3.63) is 22.8 Å². The highest BCUT2D eigenvalue weighted by Gasteiger charge is 2.12.